The van der Waals surface area contributed by atoms with Crippen molar-refractivity contribution in [3.05, 3.63) is 0 Å². The molecule has 0 fully saturated rings. The van der Waals surface area contributed by atoms with Crippen molar-refractivity contribution < 1.29 is 116 Å². The maximum Gasteiger partial charge on any atom is 0.306 e. The van der Waals surface area contributed by atoms with E-state index in [4.69, 9.17) is 44.6 Å². The Hall–Kier alpha value is -8.80. The first kappa shape index (κ1) is 127. The number of aliphatic hydroxyl groups is 4. The Morgan fingerprint density at radius 2 is 0.315 bits per heavy atom. The molecule has 0 rings (SSSR count). The molecule has 0 atom stereocenters. The van der Waals surface area contributed by atoms with Crippen LogP contribution in [0.4, 0.5) is 0 Å². The Kier molecular flexibility index (Phi) is 89.0. The third-order valence-corrected chi connectivity index (χ3v) is 19.0. The number of ketones is 2. The largest absolute Gasteiger partial charge is 0.469 e. The summed E-state index contributed by atoms with van der Waals surface area (Å²) in [7, 11) is 5.27. The van der Waals surface area contributed by atoms with E-state index in [1.807, 2.05) is 39.2 Å². The number of nitrogens with two attached hydrogens (primary N) is 6. The lowest BCUT2D eigenvalue weighted by molar-refractivity contribution is -0.142. The third kappa shape index (κ3) is 85.9. The van der Waals surface area contributed by atoms with Crippen molar-refractivity contribution >= 4 is 94.5 Å². The van der Waals surface area contributed by atoms with Crippen LogP contribution in [0.3, 0.4) is 0 Å². The van der Waals surface area contributed by atoms with E-state index in [9.17, 15) is 86.9 Å². The second-order valence-corrected chi connectivity index (χ2v) is 29.6. The van der Waals surface area contributed by atoms with E-state index in [1.165, 1.54) is 42.3 Å². The zero-order valence-corrected chi connectivity index (χ0v) is 78.4. The number of carbonyl (C=O) groups is 16. The lowest BCUT2D eigenvalue weighted by Gasteiger charge is -2.23. The number of methoxy groups -OCH3 is 4. The molecular weight excluding hydrogens is 1710 g/mol. The summed E-state index contributed by atoms with van der Waals surface area (Å²) in [4.78, 5) is 204. The Bertz CT molecular complexity index is 2890. The first-order chi connectivity index (χ1) is 62.3. The van der Waals surface area contributed by atoms with Crippen LogP contribution in [0, 0.1) is 0 Å². The van der Waals surface area contributed by atoms with E-state index in [0.29, 0.717) is 287 Å². The summed E-state index contributed by atoms with van der Waals surface area (Å²) in [6, 6.07) is 0. The number of ether oxygens (including phenoxy) is 4. The molecule has 0 unspecified atom stereocenters. The summed E-state index contributed by atoms with van der Waals surface area (Å²) in [6.07, 6.45) is 3.77. The van der Waals surface area contributed by atoms with Crippen LogP contribution in [0.2, 0.25) is 0 Å². The molecule has 0 heterocycles. The fourth-order valence-corrected chi connectivity index (χ4v) is 11.4. The van der Waals surface area contributed by atoms with Crippen LogP contribution in [0.25, 0.3) is 0 Å². The first-order valence-electron chi connectivity index (χ1n) is 44.7. The molecule has 756 valence electrons. The SMILES string of the molecule is COC(=O)CCN(CCNC(=O)CCN(CCO)CCC(=O)NCCN(CCC(=O)OC)CCC(=O)OC)CCC(C)=O.COC(=O)CCN(CCO)CCC(C)=O.NCCNC(=O)CCN(CCNC(=O)CCN(CCO)CCC(=O)NCCN(CCC(=O)NCCN)CCC(=O)NCCN)CCC(=O)NCCN.NCCNC(=O)CCN(CCO)CCC(=O)NCCN. The molecule has 0 aliphatic heterocycles. The number of Topliss-reactive ketones (excluding diaryl/α,β-unsaturated/α-hetero) is 2. The Labute approximate surface area is 767 Å². The molecule has 26 N–H and O–H groups in total. The highest BCUT2D eigenvalue weighted by Crippen LogP contribution is 2.05. The second kappa shape index (κ2) is 90.7. The highest BCUT2D eigenvalue weighted by molar-refractivity contribution is 5.81. The maximum absolute atomic E-state index is 12.6. The van der Waals surface area contributed by atoms with E-state index >= 15 is 0 Å². The van der Waals surface area contributed by atoms with E-state index in [1.54, 1.807) is 0 Å². The Morgan fingerprint density at radius 3 is 0.438 bits per heavy atom. The van der Waals surface area contributed by atoms with Crippen LogP contribution in [0.5, 0.6) is 0 Å². The topological polar surface area (TPSA) is 693 Å². The standard InChI is InChI=1S/C32H67N13O7.C28H51N5O10.C12H27N5O3.C10H19NO4/c33-7-11-37-27(47)1-17-43(18-2-28(48)38-12-8-34)23-15-41-31(51)5-21-45(25-26-46)22-6-32(52)42-16-24-44(19-3-29(49)39-13-9-35)20-4-30(50)40-14-10-36;1-23(35)5-13-31(16-8-26(38)41-2)19-11-29-24(36)6-14-33(21-22-34)15-7-25(37)30-12-20-32(17-9-27(39)42-3)18-10-28(40)43-4;13-3-5-15-11(19)1-7-17(9-10-18)8-2-12(20)16-6-4-14;1-9(13)3-5-11(7-8-12)6-4-10(14)15-2/h46H,1-26,33-36H2,(H,37,47)(H,38,48)(H,39,49)(H,40,50)(H,41,51)(H,42,52);34H,5-22H2,1-4H3,(H,29,36)(H,30,37);18H,1-10,13-14H2,(H,15,19)(H,16,20);12H,3-8H2,1-2H3. The summed E-state index contributed by atoms with van der Waals surface area (Å²) in [5, 5.41) is 64.3. The van der Waals surface area contributed by atoms with Crippen molar-refractivity contribution in [1.29, 1.82) is 0 Å². The molecule has 0 spiro atoms. The van der Waals surface area contributed by atoms with Gasteiger partial charge in [-0.2, -0.15) is 0 Å². The van der Waals surface area contributed by atoms with Gasteiger partial charge in [-0.3, -0.25) is 76.7 Å². The smallest absolute Gasteiger partial charge is 0.306 e. The van der Waals surface area contributed by atoms with Crippen LogP contribution in [-0.2, 0) is 95.7 Å². The summed E-state index contributed by atoms with van der Waals surface area (Å²) < 4.78 is 18.5. The van der Waals surface area contributed by atoms with Crippen LogP contribution < -0.4 is 87.6 Å². The van der Waals surface area contributed by atoms with Gasteiger partial charge in [0.1, 0.15) is 11.6 Å². The zero-order chi connectivity index (χ0) is 98.2. The second-order valence-electron chi connectivity index (χ2n) is 29.6. The van der Waals surface area contributed by atoms with Crippen molar-refractivity contribution in [3.63, 3.8) is 0 Å². The lowest BCUT2D eigenvalue weighted by atomic mass is 10.2. The van der Waals surface area contributed by atoms with Crippen molar-refractivity contribution in [2.45, 2.75) is 117 Å². The van der Waals surface area contributed by atoms with Crippen LogP contribution in [-0.4, -0.2) is 471 Å². The molecule has 48 nitrogen and oxygen atoms in total. The molecule has 0 saturated carbocycles. The van der Waals surface area contributed by atoms with E-state index in [-0.39, 0.29) is 198 Å². The van der Waals surface area contributed by atoms with Gasteiger partial charge >= 0.3 is 23.9 Å². The fraction of sp³-hybridized carbons (Fsp3) is 0.805. The average molecular weight is 1870 g/mol. The average Bonchev–Trinajstić information content (AvgIpc) is 0.939. The zero-order valence-electron chi connectivity index (χ0n) is 78.4. The van der Waals surface area contributed by atoms with Gasteiger partial charge < -0.3 is 166 Å². The highest BCUT2D eigenvalue weighted by Gasteiger charge is 2.20. The number of aliphatic hydroxyl groups excluding tert-OH is 4. The molecule has 130 heavy (non-hydrogen) atoms. The van der Waals surface area contributed by atoms with Gasteiger partial charge in [-0.15, -0.1) is 0 Å². The molecule has 0 bridgehead atoms. The molecule has 0 radical (unpaired) electrons. The van der Waals surface area contributed by atoms with Gasteiger partial charge in [0.2, 0.25) is 59.1 Å². The molecule has 0 saturated heterocycles. The van der Waals surface area contributed by atoms with E-state index in [0.717, 1.165) is 0 Å². The quantitative estimate of drug-likeness (QED) is 0.0199. The number of nitrogens with one attached hydrogen (secondary N) is 10. The minimum atomic E-state index is -0.368. The molecule has 10 amide bonds. The predicted octanol–water partition coefficient (Wildman–Crippen LogP) is -10.6. The lowest BCUT2D eigenvalue weighted by Crippen LogP contribution is -2.41. The number of nitrogens with zero attached hydrogens (tertiary/aromatic N) is 8. The molecule has 48 heteroatoms. The van der Waals surface area contributed by atoms with Crippen LogP contribution in [0.1, 0.15) is 117 Å². The normalized spacial score (nSPS) is 10.9. The van der Waals surface area contributed by atoms with Gasteiger partial charge in [-0.25, -0.2) is 0 Å². The summed E-state index contributed by atoms with van der Waals surface area (Å²) in [5.41, 5.74) is 32.3. The number of carbonyl (C=O) groups excluding carboxylic acids is 16. The van der Waals surface area contributed by atoms with Gasteiger partial charge in [-0.1, -0.05) is 0 Å². The molecule has 0 aromatic heterocycles. The van der Waals surface area contributed by atoms with Gasteiger partial charge in [0, 0.05) is 339 Å². The molecule has 0 aromatic carbocycles. The summed E-state index contributed by atoms with van der Waals surface area (Å²) in [5.74, 6) is -2.76. The highest BCUT2D eigenvalue weighted by atomic mass is 16.5. The summed E-state index contributed by atoms with van der Waals surface area (Å²) in [6.45, 7) is 18.7. The molecule has 0 aliphatic rings. The number of hydrogen-bond donors (Lipinski definition) is 20. The Morgan fingerprint density at radius 1 is 0.192 bits per heavy atom. The summed E-state index contributed by atoms with van der Waals surface area (Å²) >= 11 is 0. The van der Waals surface area contributed by atoms with Crippen LogP contribution >= 0.6 is 0 Å². The predicted molar refractivity (Wildman–Crippen MR) is 488 cm³/mol. The van der Waals surface area contributed by atoms with Crippen molar-refractivity contribution in [2.75, 3.05) is 317 Å². The monoisotopic (exact) mass is 1870 g/mol. The maximum atomic E-state index is 12.6. The van der Waals surface area contributed by atoms with Gasteiger partial charge in [-0.05, 0) is 13.8 Å². The van der Waals surface area contributed by atoms with Crippen molar-refractivity contribution in [1.82, 2.24) is 92.4 Å². The molecular formula is C82H164N24O24. The van der Waals surface area contributed by atoms with Gasteiger partial charge in [0.15, 0.2) is 0 Å². The number of rotatable bonds is 80. The number of amides is 10. The van der Waals surface area contributed by atoms with Crippen LogP contribution in [0.15, 0.2) is 0 Å². The number of hydrogen-bond acceptors (Lipinski definition) is 38. The fourth-order valence-electron chi connectivity index (χ4n) is 11.4. The Balaban J connectivity index is -0.000000902. The van der Waals surface area contributed by atoms with Gasteiger partial charge in [0.05, 0.1) is 80.6 Å². The first-order valence-corrected chi connectivity index (χ1v) is 44.7. The minimum Gasteiger partial charge on any atom is -0.469 e. The van der Waals surface area contributed by atoms with E-state index < -0.39 is 0 Å². The van der Waals surface area contributed by atoms with E-state index in [2.05, 4.69) is 72.1 Å². The molecule has 0 aliphatic carbocycles. The van der Waals surface area contributed by atoms with Gasteiger partial charge in [0.25, 0.3) is 0 Å². The minimum absolute atomic E-state index is 0.00512. The van der Waals surface area contributed by atoms with Crippen molar-refractivity contribution in [3.8, 4) is 0 Å². The third-order valence-electron chi connectivity index (χ3n) is 19.0. The molecule has 0 aromatic rings. The van der Waals surface area contributed by atoms with Crippen molar-refractivity contribution in [2.24, 2.45) is 34.4 Å². The number of esters is 4.